The average Bonchev–Trinajstić information content (AvgIpc) is 2.51. The molecule has 0 amide bonds. The van der Waals surface area contributed by atoms with Crippen LogP contribution in [0.1, 0.15) is 10.4 Å². The molecule has 0 bridgehead atoms. The number of hydrogen-bond acceptors (Lipinski definition) is 6. The molecule has 0 aliphatic carbocycles. The molecule has 2 aromatic rings. The second kappa shape index (κ2) is 7.63. The summed E-state index contributed by atoms with van der Waals surface area (Å²) in [5, 5.41) is 35.5. The highest BCUT2D eigenvalue weighted by Gasteiger charge is 2.14. The number of phenols is 3. The number of carboxylic acids is 1. The molecule has 7 heteroatoms. The van der Waals surface area contributed by atoms with Crippen molar-refractivity contribution in [3.8, 4) is 28.7 Å². The minimum absolute atomic E-state index is 0.00324. The van der Waals surface area contributed by atoms with Gasteiger partial charge in [-0.1, -0.05) is 0 Å². The van der Waals surface area contributed by atoms with Crippen LogP contribution in [0.15, 0.2) is 36.4 Å². The third-order valence-corrected chi connectivity index (χ3v) is 2.58. The van der Waals surface area contributed by atoms with E-state index in [2.05, 4.69) is 0 Å². The van der Waals surface area contributed by atoms with Gasteiger partial charge in [0, 0.05) is 0 Å². The Morgan fingerprint density at radius 3 is 1.50 bits per heavy atom. The molecular weight excluding hydrogens is 292 g/mol. The number of methoxy groups -OCH3 is 2. The highest BCUT2D eigenvalue weighted by molar-refractivity contribution is 5.89. The summed E-state index contributed by atoms with van der Waals surface area (Å²) in [6.45, 7) is 0. The Kier molecular flexibility index (Phi) is 5.88. The molecule has 7 nitrogen and oxygen atoms in total. The van der Waals surface area contributed by atoms with Crippen molar-refractivity contribution < 1.29 is 34.7 Å². The van der Waals surface area contributed by atoms with Gasteiger partial charge in [0.1, 0.15) is 11.5 Å². The SMILES string of the molecule is COc1cc(C(=O)O)cc(OC)c1O.Oc1ccc(O)cc1. The van der Waals surface area contributed by atoms with Crippen LogP contribution in [-0.4, -0.2) is 40.6 Å². The van der Waals surface area contributed by atoms with E-state index in [-0.39, 0.29) is 34.3 Å². The largest absolute Gasteiger partial charge is 0.508 e. The maximum Gasteiger partial charge on any atom is 0.335 e. The first-order chi connectivity index (χ1) is 10.4. The van der Waals surface area contributed by atoms with Gasteiger partial charge in [-0.15, -0.1) is 0 Å². The summed E-state index contributed by atoms with van der Waals surface area (Å²) in [6, 6.07) is 8.15. The molecule has 0 heterocycles. The van der Waals surface area contributed by atoms with Crippen molar-refractivity contribution in [3.05, 3.63) is 42.0 Å². The number of rotatable bonds is 3. The van der Waals surface area contributed by atoms with Crippen LogP contribution < -0.4 is 9.47 Å². The van der Waals surface area contributed by atoms with E-state index in [1.165, 1.54) is 50.6 Å². The van der Waals surface area contributed by atoms with Crippen molar-refractivity contribution in [1.29, 1.82) is 0 Å². The number of aromatic carboxylic acids is 1. The first-order valence-corrected chi connectivity index (χ1v) is 6.05. The smallest absolute Gasteiger partial charge is 0.335 e. The van der Waals surface area contributed by atoms with Gasteiger partial charge in [-0.3, -0.25) is 0 Å². The fraction of sp³-hybridized carbons (Fsp3) is 0.133. The predicted molar refractivity (Wildman–Crippen MR) is 77.9 cm³/mol. The van der Waals surface area contributed by atoms with E-state index in [0.29, 0.717) is 0 Å². The second-order valence-corrected chi connectivity index (χ2v) is 4.05. The number of ether oxygens (including phenoxy) is 2. The van der Waals surface area contributed by atoms with Crippen molar-refractivity contribution in [1.82, 2.24) is 0 Å². The zero-order valence-corrected chi connectivity index (χ0v) is 12.0. The summed E-state index contributed by atoms with van der Waals surface area (Å²) >= 11 is 0. The van der Waals surface area contributed by atoms with Crippen molar-refractivity contribution in [2.45, 2.75) is 0 Å². The van der Waals surface area contributed by atoms with Crippen LogP contribution >= 0.6 is 0 Å². The summed E-state index contributed by atoms with van der Waals surface area (Å²) in [5.74, 6) is -0.837. The van der Waals surface area contributed by atoms with Gasteiger partial charge in [-0.25, -0.2) is 4.79 Å². The number of phenolic OH excluding ortho intramolecular Hbond substituents is 3. The molecule has 0 saturated carbocycles. The molecule has 118 valence electrons. The van der Waals surface area contributed by atoms with Crippen LogP contribution in [-0.2, 0) is 0 Å². The van der Waals surface area contributed by atoms with Crippen LogP contribution in [0.3, 0.4) is 0 Å². The van der Waals surface area contributed by atoms with E-state index in [0.717, 1.165) is 0 Å². The molecule has 0 aromatic heterocycles. The molecule has 0 unspecified atom stereocenters. The number of carboxylic acid groups (broad SMARTS) is 1. The van der Waals surface area contributed by atoms with Gasteiger partial charge in [0.2, 0.25) is 5.75 Å². The number of benzene rings is 2. The maximum absolute atomic E-state index is 10.7. The van der Waals surface area contributed by atoms with Gasteiger partial charge < -0.3 is 29.9 Å². The maximum atomic E-state index is 10.7. The fourth-order valence-electron chi connectivity index (χ4n) is 1.47. The molecule has 0 atom stereocenters. The Hall–Kier alpha value is -3.09. The Morgan fingerprint density at radius 1 is 0.864 bits per heavy atom. The quantitative estimate of drug-likeness (QED) is 0.642. The van der Waals surface area contributed by atoms with Gasteiger partial charge in [-0.2, -0.15) is 0 Å². The lowest BCUT2D eigenvalue weighted by atomic mass is 10.2. The van der Waals surface area contributed by atoms with Gasteiger partial charge in [0.15, 0.2) is 11.5 Å². The summed E-state index contributed by atoms with van der Waals surface area (Å²) in [7, 11) is 2.67. The average molecular weight is 308 g/mol. The lowest BCUT2D eigenvalue weighted by Crippen LogP contribution is -1.98. The summed E-state index contributed by atoms with van der Waals surface area (Å²) < 4.78 is 9.57. The van der Waals surface area contributed by atoms with Gasteiger partial charge in [-0.05, 0) is 36.4 Å². The second-order valence-electron chi connectivity index (χ2n) is 4.05. The summed E-state index contributed by atoms with van der Waals surface area (Å²) in [6.07, 6.45) is 0. The molecule has 0 radical (unpaired) electrons. The van der Waals surface area contributed by atoms with Crippen LogP contribution in [0.2, 0.25) is 0 Å². The Balaban J connectivity index is 0.000000255. The highest BCUT2D eigenvalue weighted by Crippen LogP contribution is 2.36. The molecule has 2 rings (SSSR count). The fourth-order valence-corrected chi connectivity index (χ4v) is 1.47. The van der Waals surface area contributed by atoms with Gasteiger partial charge in [0.25, 0.3) is 0 Å². The molecule has 0 saturated heterocycles. The highest BCUT2D eigenvalue weighted by atomic mass is 16.5. The van der Waals surface area contributed by atoms with Crippen molar-refractivity contribution in [2.75, 3.05) is 14.2 Å². The molecule has 0 fully saturated rings. The van der Waals surface area contributed by atoms with E-state index in [4.69, 9.17) is 24.8 Å². The molecule has 4 N–H and O–H groups in total. The first kappa shape index (κ1) is 17.0. The number of carbonyl (C=O) groups is 1. The van der Waals surface area contributed by atoms with E-state index >= 15 is 0 Å². The van der Waals surface area contributed by atoms with Crippen molar-refractivity contribution in [3.63, 3.8) is 0 Å². The molecule has 0 spiro atoms. The monoisotopic (exact) mass is 308 g/mol. The molecule has 0 aliphatic heterocycles. The zero-order valence-electron chi connectivity index (χ0n) is 12.0. The predicted octanol–water partition coefficient (Wildman–Crippen LogP) is 2.21. The van der Waals surface area contributed by atoms with Crippen LogP contribution in [0.5, 0.6) is 28.7 Å². The van der Waals surface area contributed by atoms with E-state index in [9.17, 15) is 9.90 Å². The van der Waals surface area contributed by atoms with E-state index in [1.54, 1.807) is 0 Å². The first-order valence-electron chi connectivity index (χ1n) is 6.05. The zero-order chi connectivity index (χ0) is 16.7. The summed E-state index contributed by atoms with van der Waals surface area (Å²) in [4.78, 5) is 10.7. The lowest BCUT2D eigenvalue weighted by Gasteiger charge is -2.08. The molecule has 0 aliphatic rings. The topological polar surface area (TPSA) is 116 Å². The van der Waals surface area contributed by atoms with E-state index < -0.39 is 5.97 Å². The van der Waals surface area contributed by atoms with Crippen LogP contribution in [0, 0.1) is 0 Å². The van der Waals surface area contributed by atoms with Crippen molar-refractivity contribution >= 4 is 5.97 Å². The molecular formula is C15H16O7. The Bertz CT molecular complexity index is 589. The third kappa shape index (κ3) is 4.48. The van der Waals surface area contributed by atoms with Gasteiger partial charge >= 0.3 is 5.97 Å². The minimum atomic E-state index is -1.11. The third-order valence-electron chi connectivity index (χ3n) is 2.58. The van der Waals surface area contributed by atoms with Crippen LogP contribution in [0.25, 0.3) is 0 Å². The number of aromatic hydroxyl groups is 3. The Labute approximate surface area is 126 Å². The standard InChI is InChI=1S/C9H10O5.C6H6O2/c1-13-6-3-5(9(11)12)4-7(14-2)8(6)10;7-5-1-2-6(8)4-3-5/h3-4,10H,1-2H3,(H,11,12);1-4,7-8H. The Morgan fingerprint density at radius 2 is 1.23 bits per heavy atom. The lowest BCUT2D eigenvalue weighted by molar-refractivity contribution is 0.0696. The van der Waals surface area contributed by atoms with E-state index in [1.807, 2.05) is 0 Å². The normalized spacial score (nSPS) is 9.36. The molecule has 2 aromatic carbocycles. The minimum Gasteiger partial charge on any atom is -0.508 e. The van der Waals surface area contributed by atoms with Gasteiger partial charge in [0.05, 0.1) is 19.8 Å². The van der Waals surface area contributed by atoms with Crippen molar-refractivity contribution in [2.24, 2.45) is 0 Å². The van der Waals surface area contributed by atoms with Crippen LogP contribution in [0.4, 0.5) is 0 Å². The summed E-state index contributed by atoms with van der Waals surface area (Å²) in [5.41, 5.74) is -0.00324. The molecule has 22 heavy (non-hydrogen) atoms. The number of hydrogen-bond donors (Lipinski definition) is 4.